The van der Waals surface area contributed by atoms with E-state index in [0.29, 0.717) is 6.42 Å². The highest BCUT2D eigenvalue weighted by molar-refractivity contribution is 6.66. The largest absolute Gasteiger partial charge is 0.512 e. The van der Waals surface area contributed by atoms with Gasteiger partial charge in [0.1, 0.15) is 11.5 Å². The van der Waals surface area contributed by atoms with Crippen molar-refractivity contribution in [2.24, 2.45) is 0 Å². The fraction of sp³-hybridized carbons (Fsp3) is 0.294. The van der Waals surface area contributed by atoms with E-state index in [0.717, 1.165) is 43.8 Å². The Balaban J connectivity index is 2.24. The van der Waals surface area contributed by atoms with Crippen LogP contribution in [0.2, 0.25) is 23.1 Å². The fourth-order valence-corrected chi connectivity index (χ4v) is 5.07. The first-order valence-electron chi connectivity index (χ1n) is 7.21. The van der Waals surface area contributed by atoms with Crippen molar-refractivity contribution in [3.8, 4) is 11.5 Å². The second kappa shape index (κ2) is 5.48. The molecule has 116 valence electrons. The molecule has 0 radical (unpaired) electrons. The van der Waals surface area contributed by atoms with E-state index in [9.17, 15) is 0 Å². The van der Waals surface area contributed by atoms with Crippen LogP contribution in [0.25, 0.3) is 0 Å². The van der Waals surface area contributed by atoms with E-state index in [-0.39, 0.29) is 0 Å². The van der Waals surface area contributed by atoms with E-state index in [2.05, 4.69) is 0 Å². The molecule has 1 aliphatic heterocycles. The number of fused-ring (bicyclic) bond motifs is 2. The summed E-state index contributed by atoms with van der Waals surface area (Å²) in [5.74, 6) is 1.79. The van der Waals surface area contributed by atoms with Crippen LogP contribution in [0, 0.1) is 13.8 Å². The second-order valence-electron chi connectivity index (χ2n) is 6.20. The third kappa shape index (κ3) is 2.98. The van der Waals surface area contributed by atoms with Gasteiger partial charge in [0.05, 0.1) is 0 Å². The summed E-state index contributed by atoms with van der Waals surface area (Å²) in [5.41, 5.74) is 4.23. The second-order valence-corrected chi connectivity index (χ2v) is 10.3. The van der Waals surface area contributed by atoms with Crippen LogP contribution in [0.15, 0.2) is 24.3 Å². The smallest absolute Gasteiger partial charge is 0.454 e. The topological polar surface area (TPSA) is 18.5 Å². The zero-order valence-corrected chi connectivity index (χ0v) is 15.6. The van der Waals surface area contributed by atoms with E-state index < -0.39 is 8.56 Å². The van der Waals surface area contributed by atoms with E-state index in [1.165, 1.54) is 0 Å². The van der Waals surface area contributed by atoms with Gasteiger partial charge >= 0.3 is 8.56 Å². The number of halogens is 2. The molecule has 2 nitrogen and oxygen atoms in total. The molecule has 0 spiro atoms. The van der Waals surface area contributed by atoms with Gasteiger partial charge in [0, 0.05) is 29.6 Å². The Bertz CT molecular complexity index is 695. The molecule has 2 aromatic rings. The Morgan fingerprint density at radius 2 is 1.23 bits per heavy atom. The third-order valence-corrected chi connectivity index (χ3v) is 5.54. The normalized spacial score (nSPS) is 15.7. The van der Waals surface area contributed by atoms with Gasteiger partial charge in [-0.25, -0.2) is 0 Å². The summed E-state index contributed by atoms with van der Waals surface area (Å²) in [4.78, 5) is 0. The maximum Gasteiger partial charge on any atom is 0.454 e. The molecule has 0 aromatic heterocycles. The summed E-state index contributed by atoms with van der Waals surface area (Å²) < 4.78 is 12.6. The highest BCUT2D eigenvalue weighted by atomic mass is 35.5. The summed E-state index contributed by atoms with van der Waals surface area (Å²) in [6.07, 6.45) is 0.692. The number of hydrogen-bond donors (Lipinski definition) is 0. The first-order chi connectivity index (χ1) is 10.2. The van der Waals surface area contributed by atoms with Crippen molar-refractivity contribution in [2.45, 2.75) is 33.4 Å². The molecule has 0 fully saturated rings. The molecule has 2 aromatic carbocycles. The van der Waals surface area contributed by atoms with Gasteiger partial charge in [0.25, 0.3) is 0 Å². The zero-order chi connectivity index (χ0) is 16.1. The van der Waals surface area contributed by atoms with Crippen LogP contribution in [0.5, 0.6) is 11.5 Å². The molecule has 5 heteroatoms. The van der Waals surface area contributed by atoms with Crippen LogP contribution in [0.1, 0.15) is 22.3 Å². The molecule has 0 saturated carbocycles. The Kier molecular flexibility index (Phi) is 3.92. The zero-order valence-electron chi connectivity index (χ0n) is 13.1. The van der Waals surface area contributed by atoms with Crippen LogP contribution in [0.3, 0.4) is 0 Å². The molecule has 3 rings (SSSR count). The fourth-order valence-electron chi connectivity index (χ4n) is 2.87. The van der Waals surface area contributed by atoms with Gasteiger partial charge in [-0.05, 0) is 60.4 Å². The van der Waals surface area contributed by atoms with Gasteiger partial charge < -0.3 is 8.85 Å². The molecule has 0 unspecified atom stereocenters. The van der Waals surface area contributed by atoms with Gasteiger partial charge in [0.15, 0.2) is 0 Å². The van der Waals surface area contributed by atoms with Crippen LogP contribution in [-0.2, 0) is 6.42 Å². The highest BCUT2D eigenvalue weighted by Crippen LogP contribution is 2.39. The van der Waals surface area contributed by atoms with Gasteiger partial charge in [-0.3, -0.25) is 0 Å². The molecule has 1 heterocycles. The number of aryl methyl sites for hydroxylation is 2. The summed E-state index contributed by atoms with van der Waals surface area (Å²) in [6.45, 7) is 8.13. The van der Waals surface area contributed by atoms with Crippen molar-refractivity contribution < 1.29 is 8.85 Å². The lowest BCUT2D eigenvalue weighted by atomic mass is 9.99. The van der Waals surface area contributed by atoms with Crippen molar-refractivity contribution in [1.29, 1.82) is 0 Å². The molecule has 0 bridgehead atoms. The minimum atomic E-state index is -2.36. The summed E-state index contributed by atoms with van der Waals surface area (Å²) in [7, 11) is -2.36. The van der Waals surface area contributed by atoms with Crippen molar-refractivity contribution in [3.05, 3.63) is 56.6 Å². The molecule has 22 heavy (non-hydrogen) atoms. The van der Waals surface area contributed by atoms with E-state index >= 15 is 0 Å². The van der Waals surface area contributed by atoms with Crippen molar-refractivity contribution in [3.63, 3.8) is 0 Å². The van der Waals surface area contributed by atoms with E-state index in [1.54, 1.807) is 0 Å². The Morgan fingerprint density at radius 1 is 0.818 bits per heavy atom. The molecular formula is C17H18Cl2O2Si. The predicted molar refractivity (Wildman–Crippen MR) is 93.9 cm³/mol. The summed E-state index contributed by atoms with van der Waals surface area (Å²) >= 11 is 12.5. The number of rotatable bonds is 0. The standard InChI is InChI=1S/C17H18Cl2O2Si/c1-10-5-14(18)8-12-7-13-9-15(19)6-11(2)17(13)21-22(3,4)20-16(10)12/h5-6,8-9H,7H2,1-4H3. The lowest BCUT2D eigenvalue weighted by Gasteiger charge is -2.31. The molecule has 0 saturated heterocycles. The first-order valence-corrected chi connectivity index (χ1v) is 10.8. The lowest BCUT2D eigenvalue weighted by Crippen LogP contribution is -2.43. The van der Waals surface area contributed by atoms with Crippen LogP contribution in [0.4, 0.5) is 0 Å². The highest BCUT2D eigenvalue weighted by Gasteiger charge is 2.34. The lowest BCUT2D eigenvalue weighted by molar-refractivity contribution is 0.387. The predicted octanol–water partition coefficient (Wildman–Crippen LogP) is 5.67. The summed E-state index contributed by atoms with van der Waals surface area (Å²) in [6, 6.07) is 7.80. The minimum absolute atomic E-state index is 0.692. The molecule has 0 aliphatic carbocycles. The average Bonchev–Trinajstić information content (AvgIpc) is 2.36. The monoisotopic (exact) mass is 352 g/mol. The van der Waals surface area contributed by atoms with Crippen LogP contribution < -0.4 is 8.85 Å². The average molecular weight is 353 g/mol. The van der Waals surface area contributed by atoms with E-state index in [1.807, 2.05) is 51.2 Å². The van der Waals surface area contributed by atoms with Crippen molar-refractivity contribution in [2.75, 3.05) is 0 Å². The number of benzene rings is 2. The SMILES string of the molecule is Cc1cc(Cl)cc2c1O[Si](C)(C)Oc1c(C)cc(Cl)cc1C2. The molecule has 0 amide bonds. The maximum atomic E-state index is 6.28. The summed E-state index contributed by atoms with van der Waals surface area (Å²) in [5, 5.41) is 1.45. The van der Waals surface area contributed by atoms with Crippen LogP contribution >= 0.6 is 23.2 Å². The third-order valence-electron chi connectivity index (χ3n) is 3.71. The molecule has 0 atom stereocenters. The molecular weight excluding hydrogens is 335 g/mol. The van der Waals surface area contributed by atoms with Crippen LogP contribution in [-0.4, -0.2) is 8.56 Å². The molecule has 0 N–H and O–H groups in total. The van der Waals surface area contributed by atoms with Gasteiger partial charge in [-0.2, -0.15) is 0 Å². The first kappa shape index (κ1) is 15.7. The van der Waals surface area contributed by atoms with Crippen molar-refractivity contribution in [1.82, 2.24) is 0 Å². The van der Waals surface area contributed by atoms with Gasteiger partial charge in [-0.15, -0.1) is 0 Å². The number of hydrogen-bond acceptors (Lipinski definition) is 2. The van der Waals surface area contributed by atoms with Gasteiger partial charge in [-0.1, -0.05) is 23.2 Å². The molecule has 1 aliphatic rings. The van der Waals surface area contributed by atoms with Gasteiger partial charge in [0.2, 0.25) is 0 Å². The Morgan fingerprint density at radius 3 is 1.64 bits per heavy atom. The van der Waals surface area contributed by atoms with Crippen molar-refractivity contribution >= 4 is 31.8 Å². The Hall–Kier alpha value is -1.16. The minimum Gasteiger partial charge on any atom is -0.512 e. The van der Waals surface area contributed by atoms with E-state index in [4.69, 9.17) is 32.1 Å². The Labute approximate surface area is 142 Å². The maximum absolute atomic E-state index is 6.28. The quantitative estimate of drug-likeness (QED) is 0.568.